The zero-order valence-corrected chi connectivity index (χ0v) is 7.04. The van der Waals surface area contributed by atoms with Crippen LogP contribution in [-0.2, 0) is 0 Å². The number of nitrogens with two attached hydrogens (primary N) is 1. The number of hydrogen-bond acceptors (Lipinski definition) is 2. The van der Waals surface area contributed by atoms with Crippen molar-refractivity contribution >= 4 is 11.4 Å². The van der Waals surface area contributed by atoms with E-state index >= 15 is 0 Å². The van der Waals surface area contributed by atoms with Gasteiger partial charge in [0.05, 0.1) is 0 Å². The summed E-state index contributed by atoms with van der Waals surface area (Å²) in [5.41, 5.74) is 9.07. The van der Waals surface area contributed by atoms with Crippen molar-refractivity contribution in [2.45, 2.75) is 12.8 Å². The molecule has 2 rings (SSSR count). The molecule has 3 N–H and O–H groups in total. The molecule has 1 unspecified atom stereocenters. The number of fused-ring (bicyclic) bond motifs is 1. The third kappa shape index (κ3) is 0.961. The summed E-state index contributed by atoms with van der Waals surface area (Å²) in [6.45, 7) is 2.15. The quantitative estimate of drug-likeness (QED) is 0.571. The number of anilines is 2. The van der Waals surface area contributed by atoms with Crippen LogP contribution in [-0.4, -0.2) is 0 Å². The second-order valence-corrected chi connectivity index (χ2v) is 3.10. The summed E-state index contributed by atoms with van der Waals surface area (Å²) in [5.74, 6) is 0.419. The molecular weight excluding hydrogens is 148 g/mol. The van der Waals surface area contributed by atoms with Crippen molar-refractivity contribution in [3.63, 3.8) is 0 Å². The van der Waals surface area contributed by atoms with Gasteiger partial charge in [-0.2, -0.15) is 0 Å². The molecule has 2 nitrogen and oxygen atoms in total. The smallest absolute Gasteiger partial charge is 0.0438 e. The molecule has 1 atom stereocenters. The van der Waals surface area contributed by atoms with Gasteiger partial charge in [0.2, 0.25) is 0 Å². The maximum absolute atomic E-state index is 5.86. The maximum atomic E-state index is 5.86. The number of nitrogen functional groups attached to an aromatic ring is 1. The van der Waals surface area contributed by atoms with Crippen LogP contribution in [0.3, 0.4) is 0 Å². The number of rotatable bonds is 0. The monoisotopic (exact) mass is 160 g/mol. The van der Waals surface area contributed by atoms with E-state index in [2.05, 4.69) is 18.3 Å². The summed E-state index contributed by atoms with van der Waals surface area (Å²) in [6, 6.07) is 5.95. The van der Waals surface area contributed by atoms with E-state index in [-0.39, 0.29) is 0 Å². The highest BCUT2D eigenvalue weighted by Gasteiger charge is 2.13. The molecule has 1 aromatic rings. The molecule has 0 amide bonds. The molecule has 0 radical (unpaired) electrons. The molecule has 0 aromatic heterocycles. The molecule has 0 saturated heterocycles. The Bertz CT molecular complexity index is 329. The van der Waals surface area contributed by atoms with Crippen LogP contribution >= 0.6 is 0 Å². The summed E-state index contributed by atoms with van der Waals surface area (Å²) in [4.78, 5) is 0. The van der Waals surface area contributed by atoms with Gasteiger partial charge >= 0.3 is 0 Å². The number of nitrogens with one attached hydrogen (secondary N) is 1. The molecule has 62 valence electrons. The van der Waals surface area contributed by atoms with Gasteiger partial charge in [-0.1, -0.05) is 19.1 Å². The molecule has 1 aliphatic rings. The molecule has 2 heteroatoms. The zero-order chi connectivity index (χ0) is 8.55. The zero-order valence-electron chi connectivity index (χ0n) is 7.04. The first-order valence-electron chi connectivity index (χ1n) is 4.10. The summed E-state index contributed by atoms with van der Waals surface area (Å²) < 4.78 is 0. The van der Waals surface area contributed by atoms with Gasteiger partial charge in [-0.15, -0.1) is 0 Å². The third-order valence-corrected chi connectivity index (χ3v) is 2.22. The second-order valence-electron chi connectivity index (χ2n) is 3.10. The first kappa shape index (κ1) is 7.22. The van der Waals surface area contributed by atoms with Crippen LogP contribution in [0.4, 0.5) is 11.4 Å². The Hall–Kier alpha value is -1.44. The minimum atomic E-state index is 0.419. The fraction of sp³-hybridized carbons (Fsp3) is 0.200. The topological polar surface area (TPSA) is 38.0 Å². The van der Waals surface area contributed by atoms with Gasteiger partial charge in [-0.25, -0.2) is 0 Å². The van der Waals surface area contributed by atoms with E-state index < -0.39 is 0 Å². The predicted octanol–water partition coefficient (Wildman–Crippen LogP) is 2.31. The van der Waals surface area contributed by atoms with Gasteiger partial charge in [-0.05, 0) is 18.3 Å². The highest BCUT2D eigenvalue weighted by Crippen LogP contribution is 2.33. The molecule has 1 aromatic carbocycles. The summed E-state index contributed by atoms with van der Waals surface area (Å²) in [6.07, 6.45) is 4.07. The maximum Gasteiger partial charge on any atom is 0.0438 e. The number of allylic oxidation sites excluding steroid dienone is 1. The lowest BCUT2D eigenvalue weighted by Gasteiger charge is -2.19. The van der Waals surface area contributed by atoms with Gasteiger partial charge in [0, 0.05) is 22.9 Å². The van der Waals surface area contributed by atoms with E-state index in [4.69, 9.17) is 5.73 Å². The van der Waals surface area contributed by atoms with Crippen LogP contribution < -0.4 is 11.1 Å². The van der Waals surface area contributed by atoms with E-state index in [9.17, 15) is 0 Å². The predicted molar refractivity (Wildman–Crippen MR) is 52.0 cm³/mol. The van der Waals surface area contributed by atoms with Crippen molar-refractivity contribution < 1.29 is 0 Å². The molecule has 0 saturated carbocycles. The summed E-state index contributed by atoms with van der Waals surface area (Å²) in [5, 5.41) is 3.17. The standard InChI is InChI=1S/C10H12N2/c1-7-5-6-12-9-4-2-3-8(11)10(7)9/h2-7,12H,11H2,1H3. The lowest BCUT2D eigenvalue weighted by Crippen LogP contribution is -2.06. The molecule has 0 bridgehead atoms. The van der Waals surface area contributed by atoms with Crippen molar-refractivity contribution in [2.24, 2.45) is 0 Å². The SMILES string of the molecule is CC1C=CNc2cccc(N)c21. The van der Waals surface area contributed by atoms with Crippen molar-refractivity contribution in [3.05, 3.63) is 36.0 Å². The highest BCUT2D eigenvalue weighted by molar-refractivity contribution is 5.68. The Morgan fingerprint density at radius 3 is 3.00 bits per heavy atom. The molecule has 1 heterocycles. The van der Waals surface area contributed by atoms with Gasteiger partial charge in [-0.3, -0.25) is 0 Å². The molecular formula is C10H12N2. The molecule has 0 aliphatic carbocycles. The average Bonchev–Trinajstić information content (AvgIpc) is 2.04. The van der Waals surface area contributed by atoms with E-state index in [0.29, 0.717) is 5.92 Å². The largest absolute Gasteiger partial charge is 0.398 e. The summed E-state index contributed by atoms with van der Waals surface area (Å²) >= 11 is 0. The van der Waals surface area contributed by atoms with Crippen molar-refractivity contribution in [1.29, 1.82) is 0 Å². The van der Waals surface area contributed by atoms with Gasteiger partial charge in [0.15, 0.2) is 0 Å². The fourth-order valence-corrected chi connectivity index (χ4v) is 1.60. The van der Waals surface area contributed by atoms with Gasteiger partial charge in [0.25, 0.3) is 0 Å². The highest BCUT2D eigenvalue weighted by atomic mass is 14.9. The Balaban J connectivity index is 2.58. The second kappa shape index (κ2) is 2.55. The van der Waals surface area contributed by atoms with E-state index in [1.807, 2.05) is 24.4 Å². The number of benzene rings is 1. The van der Waals surface area contributed by atoms with Gasteiger partial charge < -0.3 is 11.1 Å². The average molecular weight is 160 g/mol. The Labute approximate surface area is 72.1 Å². The van der Waals surface area contributed by atoms with Crippen LogP contribution in [0.1, 0.15) is 18.4 Å². The van der Waals surface area contributed by atoms with Crippen LogP contribution in [0.2, 0.25) is 0 Å². The molecule has 12 heavy (non-hydrogen) atoms. The van der Waals surface area contributed by atoms with E-state index in [0.717, 1.165) is 11.4 Å². The van der Waals surface area contributed by atoms with E-state index in [1.165, 1.54) is 5.56 Å². The minimum absolute atomic E-state index is 0.419. The molecule has 0 fully saturated rings. The minimum Gasteiger partial charge on any atom is -0.398 e. The molecule has 0 spiro atoms. The van der Waals surface area contributed by atoms with Crippen LogP contribution in [0.25, 0.3) is 0 Å². The van der Waals surface area contributed by atoms with Crippen LogP contribution in [0, 0.1) is 0 Å². The van der Waals surface area contributed by atoms with Crippen molar-refractivity contribution in [1.82, 2.24) is 0 Å². The Morgan fingerprint density at radius 1 is 1.42 bits per heavy atom. The van der Waals surface area contributed by atoms with Crippen molar-refractivity contribution in [2.75, 3.05) is 11.1 Å². The first-order valence-corrected chi connectivity index (χ1v) is 4.10. The Morgan fingerprint density at radius 2 is 2.25 bits per heavy atom. The fourth-order valence-electron chi connectivity index (χ4n) is 1.60. The van der Waals surface area contributed by atoms with Gasteiger partial charge in [0.1, 0.15) is 0 Å². The van der Waals surface area contributed by atoms with Crippen LogP contribution in [0.5, 0.6) is 0 Å². The normalized spacial score (nSPS) is 19.9. The lowest BCUT2D eigenvalue weighted by molar-refractivity contribution is 0.957. The molecule has 1 aliphatic heterocycles. The lowest BCUT2D eigenvalue weighted by atomic mass is 9.95. The van der Waals surface area contributed by atoms with E-state index in [1.54, 1.807) is 0 Å². The summed E-state index contributed by atoms with van der Waals surface area (Å²) in [7, 11) is 0. The first-order chi connectivity index (χ1) is 5.79. The van der Waals surface area contributed by atoms with Crippen molar-refractivity contribution in [3.8, 4) is 0 Å². The van der Waals surface area contributed by atoms with Crippen LogP contribution in [0.15, 0.2) is 30.5 Å². The Kier molecular flexibility index (Phi) is 1.54. The third-order valence-electron chi connectivity index (χ3n) is 2.22. The number of hydrogen-bond donors (Lipinski definition) is 2.